The van der Waals surface area contributed by atoms with Gasteiger partial charge in [-0.1, -0.05) is 217 Å². The molecule has 0 fully saturated rings. The van der Waals surface area contributed by atoms with Crippen molar-refractivity contribution in [2.75, 3.05) is 14.7 Å². The third kappa shape index (κ3) is 8.47. The van der Waals surface area contributed by atoms with Crippen molar-refractivity contribution in [1.82, 2.24) is 0 Å². The second kappa shape index (κ2) is 19.9. The molecular weight excluding hydrogens is 1030 g/mol. The van der Waals surface area contributed by atoms with E-state index in [1.807, 2.05) is 11.3 Å². The summed E-state index contributed by atoms with van der Waals surface area (Å²) in [4.78, 5) is 7.70. The molecule has 404 valence electrons. The van der Waals surface area contributed by atoms with Crippen molar-refractivity contribution in [3.8, 4) is 33.4 Å². The fourth-order valence-electron chi connectivity index (χ4n) is 13.5. The van der Waals surface area contributed by atoms with E-state index < -0.39 is 0 Å². The van der Waals surface area contributed by atoms with Gasteiger partial charge >= 0.3 is 0 Å². The van der Waals surface area contributed by atoms with Crippen molar-refractivity contribution in [2.24, 2.45) is 0 Å². The van der Waals surface area contributed by atoms with Crippen molar-refractivity contribution in [3.63, 3.8) is 0 Å². The molecule has 13 aromatic rings. The molecule has 0 radical (unpaired) electrons. The van der Waals surface area contributed by atoms with Crippen molar-refractivity contribution < 1.29 is 0 Å². The zero-order valence-electron chi connectivity index (χ0n) is 48.7. The van der Waals surface area contributed by atoms with Crippen LogP contribution in [0.5, 0.6) is 0 Å². The topological polar surface area (TPSA) is 9.72 Å². The lowest BCUT2D eigenvalue weighted by Gasteiger charge is -2.44. The van der Waals surface area contributed by atoms with E-state index in [0.717, 1.165) is 28.4 Å². The number of aryl methyl sites for hydroxylation is 1. The summed E-state index contributed by atoms with van der Waals surface area (Å²) in [6.45, 7) is 16.4. The van der Waals surface area contributed by atoms with Crippen molar-refractivity contribution in [3.05, 3.63) is 278 Å². The van der Waals surface area contributed by atoms with E-state index in [4.69, 9.17) is 0 Å². The summed E-state index contributed by atoms with van der Waals surface area (Å²) in [7, 11) is 0. The van der Waals surface area contributed by atoms with E-state index in [1.165, 1.54) is 120 Å². The van der Waals surface area contributed by atoms with E-state index in [9.17, 15) is 0 Å². The molecule has 0 amide bonds. The van der Waals surface area contributed by atoms with Gasteiger partial charge in [0, 0.05) is 60.4 Å². The number of thiophene rings is 1. The zero-order valence-corrected chi connectivity index (χ0v) is 49.5. The van der Waals surface area contributed by atoms with Crippen LogP contribution in [0.3, 0.4) is 0 Å². The van der Waals surface area contributed by atoms with Gasteiger partial charge in [0.2, 0.25) is 0 Å². The minimum Gasteiger partial charge on any atom is -0.311 e. The average molecular weight is 1100 g/mol. The number of fused-ring (bicyclic) bond motifs is 8. The summed E-state index contributed by atoms with van der Waals surface area (Å²) in [5.74, 6) is 0. The second-order valence-electron chi connectivity index (χ2n) is 24.9. The van der Waals surface area contributed by atoms with Gasteiger partial charge in [0.25, 0.3) is 6.71 Å². The van der Waals surface area contributed by atoms with Crippen molar-refractivity contribution in [1.29, 1.82) is 0 Å². The molecule has 0 spiro atoms. The van der Waals surface area contributed by atoms with Crippen LogP contribution in [-0.2, 0) is 10.8 Å². The Labute approximate surface area is 498 Å². The third-order valence-electron chi connectivity index (χ3n) is 17.6. The first-order chi connectivity index (χ1) is 40.9. The predicted octanol–water partition coefficient (Wildman–Crippen LogP) is 20.7. The number of para-hydroxylation sites is 2. The number of anilines is 9. The first-order valence-corrected chi connectivity index (χ1v) is 30.3. The van der Waals surface area contributed by atoms with Gasteiger partial charge in [-0.05, 0) is 185 Å². The van der Waals surface area contributed by atoms with E-state index in [1.54, 1.807) is 0 Å². The molecule has 12 aromatic carbocycles. The van der Waals surface area contributed by atoms with E-state index in [0.29, 0.717) is 0 Å². The minimum absolute atomic E-state index is 0.0681. The van der Waals surface area contributed by atoms with Gasteiger partial charge in [0.05, 0.1) is 5.69 Å². The highest BCUT2D eigenvalue weighted by Gasteiger charge is 2.46. The Balaban J connectivity index is 1.06. The van der Waals surface area contributed by atoms with Gasteiger partial charge in [0.1, 0.15) is 0 Å². The molecule has 1 aromatic heterocycles. The molecule has 3 nitrogen and oxygen atoms in total. The summed E-state index contributed by atoms with van der Waals surface area (Å²) >= 11 is 1.97. The number of hydrogen-bond donors (Lipinski definition) is 0. The van der Waals surface area contributed by atoms with Crippen molar-refractivity contribution in [2.45, 2.75) is 59.3 Å². The normalized spacial score (nSPS) is 12.9. The lowest BCUT2D eigenvalue weighted by Crippen LogP contribution is -2.60. The highest BCUT2D eigenvalue weighted by atomic mass is 32.1. The molecule has 0 saturated carbocycles. The molecule has 2 aliphatic rings. The van der Waals surface area contributed by atoms with Crippen LogP contribution in [0.15, 0.2) is 261 Å². The highest BCUT2D eigenvalue weighted by Crippen LogP contribution is 2.53. The van der Waals surface area contributed by atoms with Crippen LogP contribution in [0.1, 0.15) is 58.2 Å². The molecule has 0 N–H and O–H groups in total. The molecule has 2 aliphatic heterocycles. The summed E-state index contributed by atoms with van der Waals surface area (Å²) in [6.07, 6.45) is 0. The van der Waals surface area contributed by atoms with Crippen LogP contribution < -0.4 is 30.4 Å². The monoisotopic (exact) mass is 1100 g/mol. The van der Waals surface area contributed by atoms with Crippen LogP contribution >= 0.6 is 11.3 Å². The minimum atomic E-state index is -0.214. The first-order valence-electron chi connectivity index (χ1n) is 29.5. The zero-order chi connectivity index (χ0) is 57.0. The quantitative estimate of drug-likeness (QED) is 0.111. The average Bonchev–Trinajstić information content (AvgIpc) is 1.35. The lowest BCUT2D eigenvalue weighted by atomic mass is 9.36. The predicted molar refractivity (Wildman–Crippen MR) is 364 cm³/mol. The molecule has 0 unspecified atom stereocenters. The molecule has 5 heteroatoms. The Bertz CT molecular complexity index is 4650. The first kappa shape index (κ1) is 51.5. The molecular formula is C79H64BN3S. The Kier molecular flexibility index (Phi) is 12.2. The van der Waals surface area contributed by atoms with Crippen LogP contribution in [0.4, 0.5) is 51.2 Å². The number of nitrogens with zero attached hydrogens (tertiary/aromatic N) is 3. The van der Waals surface area contributed by atoms with Crippen LogP contribution in [0, 0.1) is 6.92 Å². The Morgan fingerprint density at radius 3 is 1.48 bits per heavy atom. The van der Waals surface area contributed by atoms with Crippen LogP contribution in [0.2, 0.25) is 0 Å². The van der Waals surface area contributed by atoms with Crippen LogP contribution in [0.25, 0.3) is 65.0 Å². The van der Waals surface area contributed by atoms with Gasteiger partial charge in [0.15, 0.2) is 0 Å². The van der Waals surface area contributed by atoms with E-state index in [2.05, 4.69) is 324 Å². The fraction of sp³-hybridized carbons (Fsp3) is 0.114. The molecule has 3 heterocycles. The highest BCUT2D eigenvalue weighted by molar-refractivity contribution is 7.33. The largest absolute Gasteiger partial charge is 0.311 e. The Morgan fingerprint density at radius 1 is 0.381 bits per heavy atom. The maximum absolute atomic E-state index is 2.69. The summed E-state index contributed by atoms with van der Waals surface area (Å²) in [5.41, 5.74) is 24.0. The summed E-state index contributed by atoms with van der Waals surface area (Å²) in [6, 6.07) is 97.8. The van der Waals surface area contributed by atoms with Gasteiger partial charge in [-0.2, -0.15) is 0 Å². The molecule has 0 bridgehead atoms. The number of hydrogen-bond acceptors (Lipinski definition) is 4. The van der Waals surface area contributed by atoms with Crippen LogP contribution in [-0.4, -0.2) is 6.71 Å². The summed E-state index contributed by atoms with van der Waals surface area (Å²) < 4.78 is 2.64. The molecule has 0 atom stereocenters. The second-order valence-corrected chi connectivity index (χ2v) is 26.0. The van der Waals surface area contributed by atoms with Gasteiger partial charge in [-0.25, -0.2) is 0 Å². The number of rotatable bonds is 8. The molecule has 0 saturated heterocycles. The van der Waals surface area contributed by atoms with Gasteiger partial charge in [-0.3, -0.25) is 0 Å². The molecule has 0 aliphatic carbocycles. The lowest BCUT2D eigenvalue weighted by molar-refractivity contribution is 0.590. The van der Waals surface area contributed by atoms with Gasteiger partial charge in [-0.15, -0.1) is 11.3 Å². The van der Waals surface area contributed by atoms with E-state index in [-0.39, 0.29) is 17.5 Å². The fourth-order valence-corrected chi connectivity index (χ4v) is 14.8. The smallest absolute Gasteiger partial charge is 0.264 e. The SMILES string of the molecule is Cc1cc(N2c3cc(N(c4ccccc4)c4ccccc4)ccc3B3c4sc5ccc(C(C)(C)C)cc5c4N(c4ccc5c(-c6ccccc6)c6ccccc6c(-c6ccccc6)c5c4)c4cc(C(C)(C)C)cc2c43)ccc1-c1ccccc1. The Morgan fingerprint density at radius 2 is 0.893 bits per heavy atom. The molecule has 84 heavy (non-hydrogen) atoms. The number of benzene rings is 12. The standard InChI is InChI=1S/C79H64BN3S/c1-51-45-59(38-41-62(51)52-25-13-8-14-26-52)82-69-50-61(81(57-31-19-11-20-32-57)58-33-21-12-22-34-58)40-43-68(69)80-75-70(82)47-56(79(5,6)7)48-71(75)83(76-67-46-55(78(2,3)4)37-44-72(67)84-77(76)80)60-39-42-65-66(49-60)74(54-29-17-10-18-30-54)64-36-24-23-35-63(64)73(65)53-27-15-9-16-28-53/h8-50H,1-7H3. The third-order valence-corrected chi connectivity index (χ3v) is 18.8. The molecule has 15 rings (SSSR count). The summed E-state index contributed by atoms with van der Waals surface area (Å²) in [5, 5.41) is 6.24. The Hall–Kier alpha value is -9.42. The van der Waals surface area contributed by atoms with Gasteiger partial charge < -0.3 is 14.7 Å². The van der Waals surface area contributed by atoms with E-state index >= 15 is 0 Å². The van der Waals surface area contributed by atoms with Crippen molar-refractivity contribution >= 4 is 117 Å². The maximum Gasteiger partial charge on any atom is 0.264 e. The maximum atomic E-state index is 2.69.